The van der Waals surface area contributed by atoms with E-state index in [2.05, 4.69) is 20.8 Å². The highest BCUT2D eigenvalue weighted by Gasteiger charge is 2.41. The molecule has 0 bridgehead atoms. The number of aryl methyl sites for hydroxylation is 1. The van der Waals surface area contributed by atoms with Crippen LogP contribution in [0.5, 0.6) is 0 Å². The zero-order valence-electron chi connectivity index (χ0n) is 11.9. The predicted molar refractivity (Wildman–Crippen MR) is 83.5 cm³/mol. The van der Waals surface area contributed by atoms with Crippen LogP contribution in [0.15, 0.2) is 30.3 Å². The zero-order valence-corrected chi connectivity index (χ0v) is 12.7. The third-order valence-electron chi connectivity index (χ3n) is 3.96. The molecule has 0 atom stereocenters. The van der Waals surface area contributed by atoms with Crippen molar-refractivity contribution in [2.24, 2.45) is 0 Å². The summed E-state index contributed by atoms with van der Waals surface area (Å²) in [5.74, 6) is 0.0198. The van der Waals surface area contributed by atoms with E-state index < -0.39 is 5.41 Å². The lowest BCUT2D eigenvalue weighted by Gasteiger charge is -2.36. The van der Waals surface area contributed by atoms with Crippen molar-refractivity contribution in [2.75, 3.05) is 18.4 Å². The molecule has 0 unspecified atom stereocenters. The number of piperidine rings is 1. The van der Waals surface area contributed by atoms with Gasteiger partial charge in [0.1, 0.15) is 5.01 Å². The van der Waals surface area contributed by atoms with Crippen molar-refractivity contribution in [3.8, 4) is 0 Å². The van der Waals surface area contributed by atoms with E-state index in [-0.39, 0.29) is 5.91 Å². The Morgan fingerprint density at radius 3 is 2.57 bits per heavy atom. The molecule has 2 heterocycles. The Morgan fingerprint density at radius 1 is 1.24 bits per heavy atom. The summed E-state index contributed by atoms with van der Waals surface area (Å²) >= 11 is 1.40. The molecule has 5 nitrogen and oxygen atoms in total. The standard InChI is InChI=1S/C15H18N4OS/c1-11-18-19-14(21-11)17-13(20)15(7-9-16-10-8-15)12-5-3-2-4-6-12/h2-6,16H,7-10H2,1H3,(H,17,19,20). The molecule has 3 rings (SSSR count). The molecule has 1 fully saturated rings. The van der Waals surface area contributed by atoms with E-state index in [0.717, 1.165) is 36.5 Å². The summed E-state index contributed by atoms with van der Waals surface area (Å²) in [5.41, 5.74) is 0.594. The van der Waals surface area contributed by atoms with Gasteiger partial charge in [-0.2, -0.15) is 0 Å². The van der Waals surface area contributed by atoms with Crippen LogP contribution < -0.4 is 10.6 Å². The Balaban J connectivity index is 1.90. The van der Waals surface area contributed by atoms with E-state index in [1.165, 1.54) is 11.3 Å². The topological polar surface area (TPSA) is 66.9 Å². The molecule has 21 heavy (non-hydrogen) atoms. The number of carbonyl (C=O) groups is 1. The Labute approximate surface area is 127 Å². The lowest BCUT2D eigenvalue weighted by atomic mass is 9.72. The van der Waals surface area contributed by atoms with Gasteiger partial charge in [-0.15, -0.1) is 10.2 Å². The predicted octanol–water partition coefficient (Wildman–Crippen LogP) is 2.11. The van der Waals surface area contributed by atoms with Crippen molar-refractivity contribution in [1.29, 1.82) is 0 Å². The van der Waals surface area contributed by atoms with Crippen LogP contribution in [0, 0.1) is 6.92 Å². The molecule has 0 saturated carbocycles. The van der Waals surface area contributed by atoms with Crippen molar-refractivity contribution >= 4 is 22.4 Å². The van der Waals surface area contributed by atoms with Gasteiger partial charge >= 0.3 is 0 Å². The molecule has 1 saturated heterocycles. The fourth-order valence-corrected chi connectivity index (χ4v) is 3.41. The fraction of sp³-hybridized carbons (Fsp3) is 0.400. The maximum Gasteiger partial charge on any atom is 0.236 e. The van der Waals surface area contributed by atoms with E-state index >= 15 is 0 Å². The maximum atomic E-state index is 12.9. The first-order valence-corrected chi connectivity index (χ1v) is 7.90. The minimum absolute atomic E-state index is 0.0198. The summed E-state index contributed by atoms with van der Waals surface area (Å²) in [4.78, 5) is 12.9. The van der Waals surface area contributed by atoms with E-state index in [1.807, 2.05) is 37.3 Å². The maximum absolute atomic E-state index is 12.9. The van der Waals surface area contributed by atoms with Gasteiger partial charge in [-0.05, 0) is 38.4 Å². The van der Waals surface area contributed by atoms with Gasteiger partial charge < -0.3 is 5.32 Å². The number of aromatic nitrogens is 2. The van der Waals surface area contributed by atoms with Gasteiger partial charge in [0.05, 0.1) is 5.41 Å². The molecule has 1 amide bonds. The number of carbonyl (C=O) groups excluding carboxylic acids is 1. The number of rotatable bonds is 3. The highest BCUT2D eigenvalue weighted by atomic mass is 32.1. The zero-order chi connectivity index (χ0) is 14.7. The number of anilines is 1. The summed E-state index contributed by atoms with van der Waals surface area (Å²) in [7, 11) is 0. The Hall–Kier alpha value is -1.79. The molecule has 2 aromatic rings. The lowest BCUT2D eigenvalue weighted by Crippen LogP contribution is -2.48. The average molecular weight is 302 g/mol. The second-order valence-corrected chi connectivity index (χ2v) is 6.46. The molecule has 0 aliphatic carbocycles. The van der Waals surface area contributed by atoms with Gasteiger partial charge in [0.2, 0.25) is 11.0 Å². The average Bonchev–Trinajstić information content (AvgIpc) is 2.94. The number of amides is 1. The van der Waals surface area contributed by atoms with Gasteiger partial charge in [0.15, 0.2) is 0 Å². The molecule has 110 valence electrons. The summed E-state index contributed by atoms with van der Waals surface area (Å²) in [6.45, 7) is 3.57. The summed E-state index contributed by atoms with van der Waals surface area (Å²) in [6.07, 6.45) is 1.58. The minimum Gasteiger partial charge on any atom is -0.317 e. The second kappa shape index (κ2) is 5.91. The van der Waals surface area contributed by atoms with Crippen LogP contribution in [0.2, 0.25) is 0 Å². The monoisotopic (exact) mass is 302 g/mol. The Kier molecular flexibility index (Phi) is 3.98. The minimum atomic E-state index is -0.480. The molecule has 1 aliphatic rings. The molecule has 1 aliphatic heterocycles. The second-order valence-electron chi connectivity index (χ2n) is 5.28. The Morgan fingerprint density at radius 2 is 1.95 bits per heavy atom. The molecule has 1 aromatic carbocycles. The van der Waals surface area contributed by atoms with Gasteiger partial charge in [-0.3, -0.25) is 10.1 Å². The highest BCUT2D eigenvalue weighted by molar-refractivity contribution is 7.15. The largest absolute Gasteiger partial charge is 0.317 e. The quantitative estimate of drug-likeness (QED) is 0.911. The number of nitrogens with zero attached hydrogens (tertiary/aromatic N) is 2. The van der Waals surface area contributed by atoms with Crippen molar-refractivity contribution in [1.82, 2.24) is 15.5 Å². The summed E-state index contributed by atoms with van der Waals surface area (Å²) in [6, 6.07) is 10.0. The van der Waals surface area contributed by atoms with E-state index in [4.69, 9.17) is 0 Å². The Bertz CT molecular complexity index is 620. The highest BCUT2D eigenvalue weighted by Crippen LogP contribution is 2.35. The van der Waals surface area contributed by atoms with Crippen LogP contribution in [-0.4, -0.2) is 29.2 Å². The number of hydrogen-bond acceptors (Lipinski definition) is 5. The first-order chi connectivity index (χ1) is 10.2. The smallest absolute Gasteiger partial charge is 0.236 e. The SMILES string of the molecule is Cc1nnc(NC(=O)C2(c3ccccc3)CCNCC2)s1. The number of benzene rings is 1. The molecule has 6 heteroatoms. The van der Waals surface area contributed by atoms with Crippen molar-refractivity contribution < 1.29 is 4.79 Å². The summed E-state index contributed by atoms with van der Waals surface area (Å²) < 4.78 is 0. The number of hydrogen-bond donors (Lipinski definition) is 2. The molecular weight excluding hydrogens is 284 g/mol. The molecule has 0 spiro atoms. The van der Waals surface area contributed by atoms with Crippen molar-refractivity contribution in [3.05, 3.63) is 40.9 Å². The first kappa shape index (κ1) is 14.2. The van der Waals surface area contributed by atoms with Crippen LogP contribution in [0.4, 0.5) is 5.13 Å². The summed E-state index contributed by atoms with van der Waals surface area (Å²) in [5, 5.41) is 15.7. The van der Waals surface area contributed by atoms with Crippen LogP contribution >= 0.6 is 11.3 Å². The third-order valence-corrected chi connectivity index (χ3v) is 4.72. The molecule has 0 radical (unpaired) electrons. The molecule has 1 aromatic heterocycles. The number of nitrogens with one attached hydrogen (secondary N) is 2. The van der Waals surface area contributed by atoms with Gasteiger partial charge in [-0.25, -0.2) is 0 Å². The van der Waals surface area contributed by atoms with Gasteiger partial charge in [0.25, 0.3) is 0 Å². The van der Waals surface area contributed by atoms with E-state index in [0.29, 0.717) is 5.13 Å². The fourth-order valence-electron chi connectivity index (χ4n) is 2.82. The normalized spacial score (nSPS) is 17.4. The van der Waals surface area contributed by atoms with E-state index in [9.17, 15) is 4.79 Å². The first-order valence-electron chi connectivity index (χ1n) is 7.08. The van der Waals surface area contributed by atoms with Crippen molar-refractivity contribution in [2.45, 2.75) is 25.2 Å². The van der Waals surface area contributed by atoms with Crippen LogP contribution in [0.3, 0.4) is 0 Å². The van der Waals surface area contributed by atoms with Crippen LogP contribution in [-0.2, 0) is 10.2 Å². The van der Waals surface area contributed by atoms with Crippen LogP contribution in [0.1, 0.15) is 23.4 Å². The molecular formula is C15H18N4OS. The van der Waals surface area contributed by atoms with Gasteiger partial charge in [-0.1, -0.05) is 41.7 Å². The third kappa shape index (κ3) is 2.82. The van der Waals surface area contributed by atoms with E-state index in [1.54, 1.807) is 0 Å². The van der Waals surface area contributed by atoms with Gasteiger partial charge in [0, 0.05) is 0 Å². The lowest BCUT2D eigenvalue weighted by molar-refractivity contribution is -0.122. The van der Waals surface area contributed by atoms with Crippen molar-refractivity contribution in [3.63, 3.8) is 0 Å². The van der Waals surface area contributed by atoms with Crippen LogP contribution in [0.25, 0.3) is 0 Å². The molecule has 2 N–H and O–H groups in total.